The van der Waals surface area contributed by atoms with Crippen LogP contribution in [0.25, 0.3) is 0 Å². The Hall–Kier alpha value is -0.390. The molecule has 1 heterocycles. The largest absolute Gasteiger partial charge is 0.493 e. The zero-order valence-electron chi connectivity index (χ0n) is 11.1. The van der Waals surface area contributed by atoms with Gasteiger partial charge in [-0.15, -0.1) is 12.4 Å². The van der Waals surface area contributed by atoms with Crippen molar-refractivity contribution in [2.24, 2.45) is 5.92 Å². The van der Waals surface area contributed by atoms with Crippen LogP contribution in [-0.4, -0.2) is 37.6 Å². The maximum Gasteiger partial charge on any atom is 0.251 e. The van der Waals surface area contributed by atoms with Gasteiger partial charge in [0.05, 0.1) is 13.2 Å². The van der Waals surface area contributed by atoms with Gasteiger partial charge in [-0.25, -0.2) is 8.78 Å². The van der Waals surface area contributed by atoms with Crippen molar-refractivity contribution < 1.29 is 13.5 Å². The molecule has 0 unspecified atom stereocenters. The van der Waals surface area contributed by atoms with E-state index >= 15 is 0 Å². The molecule has 2 nitrogen and oxygen atoms in total. The number of halogens is 4. The third-order valence-corrected chi connectivity index (χ3v) is 3.88. The Kier molecular flexibility index (Phi) is 7.77. The molecule has 0 aromatic heterocycles. The van der Waals surface area contributed by atoms with Crippen LogP contribution in [-0.2, 0) is 0 Å². The van der Waals surface area contributed by atoms with Crippen LogP contribution < -0.4 is 4.74 Å². The van der Waals surface area contributed by atoms with Gasteiger partial charge in [0.15, 0.2) is 0 Å². The monoisotopic (exact) mass is 369 g/mol. The van der Waals surface area contributed by atoms with Crippen LogP contribution in [0.5, 0.6) is 5.75 Å². The van der Waals surface area contributed by atoms with Crippen LogP contribution in [0.4, 0.5) is 8.78 Å². The minimum Gasteiger partial charge on any atom is -0.493 e. The standard InChI is InChI=1S/C14H18BrF2NO.ClH/c15-12-2-1-3-13(8-12)19-10-11-4-6-18(7-5-11)9-14(16)17;/h1-3,8,11,14H,4-7,9-10H2;1H. The number of hydrogen-bond acceptors (Lipinski definition) is 2. The molecule has 0 atom stereocenters. The van der Waals surface area contributed by atoms with E-state index in [0.717, 1.165) is 36.2 Å². The molecule has 2 rings (SSSR count). The normalized spacial score (nSPS) is 17.0. The summed E-state index contributed by atoms with van der Waals surface area (Å²) in [4.78, 5) is 1.83. The van der Waals surface area contributed by atoms with Crippen LogP contribution in [0.1, 0.15) is 12.8 Å². The number of nitrogens with zero attached hydrogens (tertiary/aromatic N) is 1. The van der Waals surface area contributed by atoms with Crippen molar-refractivity contribution in [3.05, 3.63) is 28.7 Å². The second-order valence-corrected chi connectivity index (χ2v) is 5.82. The predicted octanol–water partition coefficient (Wildman–Crippen LogP) is 4.23. The lowest BCUT2D eigenvalue weighted by Gasteiger charge is -2.31. The van der Waals surface area contributed by atoms with Crippen molar-refractivity contribution in [2.75, 3.05) is 26.2 Å². The zero-order chi connectivity index (χ0) is 13.7. The maximum absolute atomic E-state index is 12.3. The summed E-state index contributed by atoms with van der Waals surface area (Å²) in [6.07, 6.45) is -0.365. The lowest BCUT2D eigenvalue weighted by Crippen LogP contribution is -2.38. The highest BCUT2D eigenvalue weighted by Gasteiger charge is 2.21. The molecule has 0 N–H and O–H groups in total. The van der Waals surface area contributed by atoms with Crippen molar-refractivity contribution >= 4 is 28.3 Å². The van der Waals surface area contributed by atoms with Gasteiger partial charge < -0.3 is 4.74 Å². The average Bonchev–Trinajstić information content (AvgIpc) is 2.37. The van der Waals surface area contributed by atoms with E-state index in [4.69, 9.17) is 4.74 Å². The summed E-state index contributed by atoms with van der Waals surface area (Å²) in [6.45, 7) is 2.06. The minimum atomic E-state index is -2.23. The number of benzene rings is 1. The Bertz CT molecular complexity index is 401. The van der Waals surface area contributed by atoms with Crippen LogP contribution in [0.3, 0.4) is 0 Å². The molecule has 0 aliphatic carbocycles. The SMILES string of the molecule is Cl.FC(F)CN1CCC(COc2cccc(Br)c2)CC1. The molecular formula is C14H19BrClF2NO. The van der Waals surface area contributed by atoms with Crippen molar-refractivity contribution in [1.29, 1.82) is 0 Å². The van der Waals surface area contributed by atoms with Crippen LogP contribution in [0.15, 0.2) is 28.7 Å². The smallest absolute Gasteiger partial charge is 0.251 e. The Balaban J connectivity index is 0.00000200. The first-order valence-corrected chi connectivity index (χ1v) is 7.31. The molecule has 0 amide bonds. The molecule has 20 heavy (non-hydrogen) atoms. The Labute approximate surface area is 133 Å². The summed E-state index contributed by atoms with van der Waals surface area (Å²) in [6, 6.07) is 7.75. The molecule has 0 spiro atoms. The van der Waals surface area contributed by atoms with Crippen LogP contribution in [0.2, 0.25) is 0 Å². The Morgan fingerprint density at radius 3 is 2.60 bits per heavy atom. The van der Waals surface area contributed by atoms with Crippen LogP contribution in [0, 0.1) is 5.92 Å². The first-order valence-electron chi connectivity index (χ1n) is 6.52. The van der Waals surface area contributed by atoms with Gasteiger partial charge in [0, 0.05) is 4.47 Å². The second kappa shape index (κ2) is 8.80. The Morgan fingerprint density at radius 1 is 1.30 bits per heavy atom. The summed E-state index contributed by atoms with van der Waals surface area (Å²) in [5.74, 6) is 1.32. The summed E-state index contributed by atoms with van der Waals surface area (Å²) < 4.78 is 31.2. The molecule has 1 aromatic carbocycles. The molecule has 114 valence electrons. The van der Waals surface area contributed by atoms with Gasteiger partial charge in [0.2, 0.25) is 0 Å². The van der Waals surface area contributed by atoms with Gasteiger partial charge >= 0.3 is 0 Å². The van der Waals surface area contributed by atoms with E-state index in [1.165, 1.54) is 0 Å². The highest BCUT2D eigenvalue weighted by Crippen LogP contribution is 2.22. The lowest BCUT2D eigenvalue weighted by atomic mass is 9.98. The van der Waals surface area contributed by atoms with Gasteiger partial charge in [-0.1, -0.05) is 22.0 Å². The van der Waals surface area contributed by atoms with Crippen LogP contribution >= 0.6 is 28.3 Å². The quantitative estimate of drug-likeness (QED) is 0.769. The molecule has 1 aliphatic rings. The highest BCUT2D eigenvalue weighted by atomic mass is 79.9. The van der Waals surface area contributed by atoms with Gasteiger partial charge in [-0.3, -0.25) is 4.90 Å². The molecule has 1 saturated heterocycles. The third kappa shape index (κ3) is 5.94. The van der Waals surface area contributed by atoms with Crippen molar-refractivity contribution in [3.63, 3.8) is 0 Å². The van der Waals surface area contributed by atoms with Crippen molar-refractivity contribution in [3.8, 4) is 5.75 Å². The first-order chi connectivity index (χ1) is 9.13. The van der Waals surface area contributed by atoms with E-state index in [2.05, 4.69) is 15.9 Å². The number of likely N-dealkylation sites (tertiary alicyclic amines) is 1. The number of piperidine rings is 1. The summed E-state index contributed by atoms with van der Waals surface area (Å²) >= 11 is 3.40. The molecule has 1 aliphatic heterocycles. The average molecular weight is 371 g/mol. The molecular weight excluding hydrogens is 352 g/mol. The zero-order valence-corrected chi connectivity index (χ0v) is 13.5. The fourth-order valence-corrected chi connectivity index (χ4v) is 2.68. The third-order valence-electron chi connectivity index (χ3n) is 3.39. The van der Waals surface area contributed by atoms with Gasteiger partial charge in [-0.2, -0.15) is 0 Å². The minimum absolute atomic E-state index is 0. The van der Waals surface area contributed by atoms with E-state index in [1.54, 1.807) is 0 Å². The number of ether oxygens (including phenoxy) is 1. The highest BCUT2D eigenvalue weighted by molar-refractivity contribution is 9.10. The topological polar surface area (TPSA) is 12.5 Å². The summed E-state index contributed by atoms with van der Waals surface area (Å²) in [7, 11) is 0. The van der Waals surface area contributed by atoms with E-state index in [0.29, 0.717) is 12.5 Å². The summed E-state index contributed by atoms with van der Waals surface area (Å²) in [5, 5.41) is 0. The van der Waals surface area contributed by atoms with E-state index in [9.17, 15) is 8.78 Å². The fraction of sp³-hybridized carbons (Fsp3) is 0.571. The van der Waals surface area contributed by atoms with Gasteiger partial charge in [0.1, 0.15) is 5.75 Å². The van der Waals surface area contributed by atoms with Crippen molar-refractivity contribution in [2.45, 2.75) is 19.3 Å². The number of rotatable bonds is 5. The number of hydrogen-bond donors (Lipinski definition) is 0. The van der Waals surface area contributed by atoms with Crippen molar-refractivity contribution in [1.82, 2.24) is 4.90 Å². The molecule has 0 radical (unpaired) electrons. The predicted molar refractivity (Wildman–Crippen MR) is 82.1 cm³/mol. The molecule has 0 saturated carbocycles. The number of alkyl halides is 2. The summed E-state index contributed by atoms with van der Waals surface area (Å²) in [5.41, 5.74) is 0. The Morgan fingerprint density at radius 2 is 2.00 bits per heavy atom. The second-order valence-electron chi connectivity index (χ2n) is 4.90. The lowest BCUT2D eigenvalue weighted by molar-refractivity contribution is 0.0620. The van der Waals surface area contributed by atoms with E-state index in [-0.39, 0.29) is 19.0 Å². The molecule has 1 aromatic rings. The van der Waals surface area contributed by atoms with E-state index < -0.39 is 6.43 Å². The molecule has 0 bridgehead atoms. The fourth-order valence-electron chi connectivity index (χ4n) is 2.30. The molecule has 1 fully saturated rings. The molecule has 6 heteroatoms. The van der Waals surface area contributed by atoms with E-state index in [1.807, 2.05) is 29.2 Å². The maximum atomic E-state index is 12.3. The van der Waals surface area contributed by atoms with Gasteiger partial charge in [-0.05, 0) is 50.0 Å². The van der Waals surface area contributed by atoms with Gasteiger partial charge in [0.25, 0.3) is 6.43 Å². The first kappa shape index (κ1) is 17.7.